The summed E-state index contributed by atoms with van der Waals surface area (Å²) in [4.78, 5) is 12.0. The van der Waals surface area contributed by atoms with Crippen LogP contribution < -0.4 is 15.4 Å². The summed E-state index contributed by atoms with van der Waals surface area (Å²) in [5.74, 6) is 0.599. The number of piperidine rings is 1. The van der Waals surface area contributed by atoms with Gasteiger partial charge in [-0.1, -0.05) is 18.0 Å². The molecule has 1 aromatic carbocycles. The molecule has 5 heteroatoms. The Morgan fingerprint density at radius 1 is 1.50 bits per heavy atom. The molecular formula is C13H17ClN2O2. The number of anilines is 1. The number of nitrogens with one attached hydrogen (secondary N) is 2. The molecule has 1 heterocycles. The molecule has 0 bridgehead atoms. The van der Waals surface area contributed by atoms with Crippen molar-refractivity contribution in [3.05, 3.63) is 23.2 Å². The highest BCUT2D eigenvalue weighted by atomic mass is 35.5. The van der Waals surface area contributed by atoms with Crippen molar-refractivity contribution in [1.82, 2.24) is 5.32 Å². The normalized spacial score (nSPS) is 19.3. The number of rotatable bonds is 3. The number of ether oxygens (including phenoxy) is 1. The van der Waals surface area contributed by atoms with Gasteiger partial charge in [-0.3, -0.25) is 4.79 Å². The maximum absolute atomic E-state index is 12.0. The molecule has 0 radical (unpaired) electrons. The van der Waals surface area contributed by atoms with Crippen LogP contribution in [0.15, 0.2) is 18.2 Å². The molecule has 4 nitrogen and oxygen atoms in total. The Morgan fingerprint density at radius 2 is 2.33 bits per heavy atom. The molecule has 98 valence electrons. The Labute approximate surface area is 112 Å². The van der Waals surface area contributed by atoms with E-state index in [0.29, 0.717) is 16.5 Å². The molecule has 1 aliphatic heterocycles. The number of hydrogen-bond acceptors (Lipinski definition) is 3. The van der Waals surface area contributed by atoms with Crippen molar-refractivity contribution >= 4 is 23.2 Å². The Hall–Kier alpha value is -1.26. The number of methoxy groups -OCH3 is 1. The van der Waals surface area contributed by atoms with E-state index < -0.39 is 0 Å². The molecule has 2 N–H and O–H groups in total. The van der Waals surface area contributed by atoms with Crippen LogP contribution in [0.2, 0.25) is 5.02 Å². The fourth-order valence-corrected chi connectivity index (χ4v) is 2.31. The Balaban J connectivity index is 2.00. The number of amides is 1. The quantitative estimate of drug-likeness (QED) is 0.885. The third-order valence-electron chi connectivity index (χ3n) is 3.05. The third kappa shape index (κ3) is 3.15. The number of halogens is 1. The molecule has 0 aliphatic carbocycles. The predicted octanol–water partition coefficient (Wildman–Crippen LogP) is 2.43. The Kier molecular flexibility index (Phi) is 4.44. The van der Waals surface area contributed by atoms with Gasteiger partial charge in [0.2, 0.25) is 5.91 Å². The van der Waals surface area contributed by atoms with E-state index in [2.05, 4.69) is 10.6 Å². The smallest absolute Gasteiger partial charge is 0.241 e. The highest BCUT2D eigenvalue weighted by Crippen LogP contribution is 2.27. The first kappa shape index (κ1) is 13.2. The van der Waals surface area contributed by atoms with E-state index in [1.165, 1.54) is 0 Å². The fourth-order valence-electron chi connectivity index (χ4n) is 2.05. The molecule has 1 atom stereocenters. The highest BCUT2D eigenvalue weighted by Gasteiger charge is 2.20. The van der Waals surface area contributed by atoms with Crippen molar-refractivity contribution < 1.29 is 9.53 Å². The minimum absolute atomic E-state index is 0.00377. The number of carbonyl (C=O) groups excluding carboxylic acids is 1. The Bertz CT molecular complexity index is 431. The average Bonchev–Trinajstić information content (AvgIpc) is 2.40. The van der Waals surface area contributed by atoms with Gasteiger partial charge in [-0.15, -0.1) is 0 Å². The van der Waals surface area contributed by atoms with E-state index in [0.717, 1.165) is 25.8 Å². The van der Waals surface area contributed by atoms with Crippen LogP contribution in [-0.4, -0.2) is 25.6 Å². The van der Waals surface area contributed by atoms with Crippen molar-refractivity contribution in [2.24, 2.45) is 0 Å². The largest absolute Gasteiger partial charge is 0.495 e. The van der Waals surface area contributed by atoms with Gasteiger partial charge in [0.1, 0.15) is 5.75 Å². The molecule has 1 aromatic rings. The molecule has 0 saturated carbocycles. The van der Waals surface area contributed by atoms with Crippen LogP contribution >= 0.6 is 11.6 Å². The summed E-state index contributed by atoms with van der Waals surface area (Å²) in [5.41, 5.74) is 0.693. The number of carbonyl (C=O) groups is 1. The maximum atomic E-state index is 12.0. The zero-order valence-electron chi connectivity index (χ0n) is 10.3. The van der Waals surface area contributed by atoms with Gasteiger partial charge in [-0.05, 0) is 37.6 Å². The first-order valence-electron chi connectivity index (χ1n) is 6.08. The Morgan fingerprint density at radius 3 is 2.94 bits per heavy atom. The summed E-state index contributed by atoms with van der Waals surface area (Å²) in [6.07, 6.45) is 3.11. The maximum Gasteiger partial charge on any atom is 0.241 e. The van der Waals surface area contributed by atoms with Crippen molar-refractivity contribution in [1.29, 1.82) is 0 Å². The van der Waals surface area contributed by atoms with Gasteiger partial charge in [0.05, 0.1) is 18.2 Å². The summed E-state index contributed by atoms with van der Waals surface area (Å²) in [7, 11) is 1.56. The van der Waals surface area contributed by atoms with Crippen LogP contribution in [0.4, 0.5) is 5.69 Å². The number of hydrogen-bond donors (Lipinski definition) is 2. The first-order valence-corrected chi connectivity index (χ1v) is 6.46. The van der Waals surface area contributed by atoms with Crippen LogP contribution in [0.5, 0.6) is 5.75 Å². The van der Waals surface area contributed by atoms with Crippen molar-refractivity contribution in [2.45, 2.75) is 25.3 Å². The topological polar surface area (TPSA) is 50.4 Å². The van der Waals surface area contributed by atoms with Crippen LogP contribution in [0.3, 0.4) is 0 Å². The predicted molar refractivity (Wildman–Crippen MR) is 72.3 cm³/mol. The molecule has 1 fully saturated rings. The van der Waals surface area contributed by atoms with Gasteiger partial charge in [0.15, 0.2) is 0 Å². The van der Waals surface area contributed by atoms with Gasteiger partial charge in [-0.25, -0.2) is 0 Å². The van der Waals surface area contributed by atoms with Crippen molar-refractivity contribution in [3.63, 3.8) is 0 Å². The number of benzene rings is 1. The van der Waals surface area contributed by atoms with Crippen molar-refractivity contribution in [2.75, 3.05) is 19.0 Å². The van der Waals surface area contributed by atoms with E-state index in [1.807, 2.05) is 0 Å². The molecular weight excluding hydrogens is 252 g/mol. The second kappa shape index (κ2) is 6.07. The molecule has 0 spiro atoms. The molecule has 1 aliphatic rings. The summed E-state index contributed by atoms with van der Waals surface area (Å²) < 4.78 is 5.06. The monoisotopic (exact) mass is 268 g/mol. The minimum atomic E-state index is -0.0976. The molecule has 0 aromatic heterocycles. The lowest BCUT2D eigenvalue weighted by atomic mass is 10.0. The molecule has 1 amide bonds. The lowest BCUT2D eigenvalue weighted by Gasteiger charge is -2.22. The second-order valence-corrected chi connectivity index (χ2v) is 4.75. The van der Waals surface area contributed by atoms with Gasteiger partial charge in [0.25, 0.3) is 0 Å². The summed E-state index contributed by atoms with van der Waals surface area (Å²) in [6, 6.07) is 5.12. The van der Waals surface area contributed by atoms with Crippen LogP contribution in [0, 0.1) is 0 Å². The van der Waals surface area contributed by atoms with Gasteiger partial charge >= 0.3 is 0 Å². The first-order chi connectivity index (χ1) is 8.70. The van der Waals surface area contributed by atoms with Crippen LogP contribution in [-0.2, 0) is 4.79 Å². The van der Waals surface area contributed by atoms with Gasteiger partial charge in [0, 0.05) is 5.69 Å². The molecule has 1 saturated heterocycles. The van der Waals surface area contributed by atoms with E-state index in [4.69, 9.17) is 16.3 Å². The minimum Gasteiger partial charge on any atom is -0.495 e. The average molecular weight is 269 g/mol. The lowest BCUT2D eigenvalue weighted by molar-refractivity contribution is -0.118. The molecule has 1 unspecified atom stereocenters. The molecule has 2 rings (SSSR count). The summed E-state index contributed by atoms with van der Waals surface area (Å²) in [5, 5.41) is 6.56. The van der Waals surface area contributed by atoms with Crippen molar-refractivity contribution in [3.8, 4) is 5.75 Å². The third-order valence-corrected chi connectivity index (χ3v) is 3.34. The zero-order valence-corrected chi connectivity index (χ0v) is 11.1. The van der Waals surface area contributed by atoms with E-state index in [9.17, 15) is 4.79 Å². The van der Waals surface area contributed by atoms with E-state index in [1.54, 1.807) is 25.3 Å². The van der Waals surface area contributed by atoms with Gasteiger partial charge < -0.3 is 15.4 Å². The van der Waals surface area contributed by atoms with E-state index in [-0.39, 0.29) is 11.9 Å². The van der Waals surface area contributed by atoms with E-state index >= 15 is 0 Å². The standard InChI is InChI=1S/C13H17ClN2O2/c1-18-12-6-5-9(8-10(12)14)16-13(17)11-4-2-3-7-15-11/h5-6,8,11,15H,2-4,7H2,1H3,(H,16,17). The zero-order chi connectivity index (χ0) is 13.0. The fraction of sp³-hybridized carbons (Fsp3) is 0.462. The SMILES string of the molecule is COc1ccc(NC(=O)C2CCCCN2)cc1Cl. The lowest BCUT2D eigenvalue weighted by Crippen LogP contribution is -2.43. The van der Waals surface area contributed by atoms with Crippen LogP contribution in [0.25, 0.3) is 0 Å². The molecule has 18 heavy (non-hydrogen) atoms. The summed E-state index contributed by atoms with van der Waals surface area (Å²) in [6.45, 7) is 0.904. The highest BCUT2D eigenvalue weighted by molar-refractivity contribution is 6.32. The van der Waals surface area contributed by atoms with Gasteiger partial charge in [-0.2, -0.15) is 0 Å². The van der Waals surface area contributed by atoms with Crippen LogP contribution in [0.1, 0.15) is 19.3 Å². The summed E-state index contributed by atoms with van der Waals surface area (Å²) >= 11 is 6.01. The second-order valence-electron chi connectivity index (χ2n) is 4.34.